The van der Waals surface area contributed by atoms with E-state index in [0.717, 1.165) is 0 Å². The number of Topliss-reactive ketones (excluding diaryl/α,β-unsaturated/α-hetero) is 1. The van der Waals surface area contributed by atoms with Gasteiger partial charge in [0.2, 0.25) is 0 Å². The summed E-state index contributed by atoms with van der Waals surface area (Å²) in [4.78, 5) is 10.9. The number of hydrogen-bond acceptors (Lipinski definition) is 4. The Morgan fingerprint density at radius 3 is 2.69 bits per heavy atom. The van der Waals surface area contributed by atoms with Gasteiger partial charge < -0.3 is 16.6 Å². The highest BCUT2D eigenvalue weighted by molar-refractivity contribution is 5.83. The molecule has 1 aromatic rings. The Morgan fingerprint density at radius 2 is 2.15 bits per heavy atom. The van der Waals surface area contributed by atoms with Crippen LogP contribution in [-0.4, -0.2) is 10.9 Å². The van der Waals surface area contributed by atoms with E-state index in [9.17, 15) is 9.90 Å². The number of carbonyl (C=O) groups excluding carboxylic acids is 1. The number of benzene rings is 1. The maximum Gasteiger partial charge on any atom is 0.151 e. The van der Waals surface area contributed by atoms with Crippen molar-refractivity contribution in [1.82, 2.24) is 0 Å². The highest BCUT2D eigenvalue weighted by Gasteiger charge is 2.14. The molecular formula is C9H12N2O2. The van der Waals surface area contributed by atoms with Crippen molar-refractivity contribution >= 4 is 11.5 Å². The molecule has 0 bridgehead atoms. The second kappa shape index (κ2) is 3.45. The highest BCUT2D eigenvalue weighted by atomic mass is 16.3. The topological polar surface area (TPSA) is 89.3 Å². The van der Waals surface area contributed by atoms with Crippen LogP contribution in [0.25, 0.3) is 0 Å². The molecule has 0 saturated carbocycles. The molecule has 0 aliphatic heterocycles. The number of ketones is 1. The summed E-state index contributed by atoms with van der Waals surface area (Å²) in [5.74, 6) is -0.210. The Kier molecular flexibility index (Phi) is 2.53. The number of hydrogen-bond donors (Lipinski definition) is 3. The van der Waals surface area contributed by atoms with Crippen LogP contribution in [-0.2, 0) is 4.79 Å². The minimum Gasteiger partial charge on any atom is -0.508 e. The number of phenolic OH excluding ortho intramolecular Hbond substituents is 1. The van der Waals surface area contributed by atoms with Crippen molar-refractivity contribution in [2.45, 2.75) is 13.0 Å². The fourth-order valence-electron chi connectivity index (χ4n) is 1.04. The molecular weight excluding hydrogens is 168 g/mol. The van der Waals surface area contributed by atoms with E-state index >= 15 is 0 Å². The molecule has 0 amide bonds. The highest BCUT2D eigenvalue weighted by Crippen LogP contribution is 2.25. The van der Waals surface area contributed by atoms with Crippen molar-refractivity contribution in [1.29, 1.82) is 0 Å². The van der Waals surface area contributed by atoms with Crippen LogP contribution in [0.1, 0.15) is 18.5 Å². The van der Waals surface area contributed by atoms with Gasteiger partial charge in [-0.15, -0.1) is 0 Å². The van der Waals surface area contributed by atoms with Gasteiger partial charge in [0.25, 0.3) is 0 Å². The molecule has 0 radical (unpaired) electrons. The number of aromatic hydroxyl groups is 1. The molecule has 4 nitrogen and oxygen atoms in total. The molecule has 0 fully saturated rings. The van der Waals surface area contributed by atoms with Gasteiger partial charge in [0.15, 0.2) is 5.78 Å². The van der Waals surface area contributed by atoms with E-state index in [1.807, 2.05) is 0 Å². The summed E-state index contributed by atoms with van der Waals surface area (Å²) < 4.78 is 0. The lowest BCUT2D eigenvalue weighted by Crippen LogP contribution is -2.18. The third kappa shape index (κ3) is 1.97. The summed E-state index contributed by atoms with van der Waals surface area (Å²) >= 11 is 0. The van der Waals surface area contributed by atoms with Crippen molar-refractivity contribution in [2.24, 2.45) is 5.73 Å². The molecule has 0 aromatic heterocycles. The molecule has 0 aliphatic rings. The van der Waals surface area contributed by atoms with Crippen molar-refractivity contribution < 1.29 is 9.90 Å². The standard InChI is InChI=1S/C9H12N2O2/c1-5(12)9(11)7-4-6(10)2-3-8(7)13/h2-4,9,13H,10-11H2,1H3. The SMILES string of the molecule is CC(=O)C(N)c1cc(N)ccc1O. The molecule has 1 atom stereocenters. The quantitative estimate of drug-likeness (QED) is 0.458. The average Bonchev–Trinajstić information content (AvgIpc) is 2.08. The molecule has 0 saturated heterocycles. The zero-order valence-electron chi connectivity index (χ0n) is 7.32. The first-order valence-corrected chi connectivity index (χ1v) is 3.87. The molecule has 5 N–H and O–H groups in total. The summed E-state index contributed by atoms with van der Waals surface area (Å²) in [7, 11) is 0. The lowest BCUT2D eigenvalue weighted by Gasteiger charge is -2.10. The Hall–Kier alpha value is -1.55. The van der Waals surface area contributed by atoms with Gasteiger partial charge in [-0.25, -0.2) is 0 Å². The van der Waals surface area contributed by atoms with E-state index < -0.39 is 6.04 Å². The molecule has 0 heterocycles. The fourth-order valence-corrected chi connectivity index (χ4v) is 1.04. The van der Waals surface area contributed by atoms with Crippen LogP contribution in [0.15, 0.2) is 18.2 Å². The maximum absolute atomic E-state index is 10.9. The zero-order valence-corrected chi connectivity index (χ0v) is 7.32. The minimum absolute atomic E-state index is 0.00287. The second-order valence-corrected chi connectivity index (χ2v) is 2.91. The Balaban J connectivity index is 3.12. The maximum atomic E-state index is 10.9. The number of nitrogens with two attached hydrogens (primary N) is 2. The number of rotatable bonds is 2. The average molecular weight is 180 g/mol. The van der Waals surface area contributed by atoms with Crippen LogP contribution < -0.4 is 11.5 Å². The molecule has 1 unspecified atom stereocenters. The summed E-state index contributed by atoms with van der Waals surface area (Å²) in [5.41, 5.74) is 11.9. The summed E-state index contributed by atoms with van der Waals surface area (Å²) in [6, 6.07) is 3.67. The molecule has 1 aromatic carbocycles. The van der Waals surface area contributed by atoms with E-state index in [2.05, 4.69) is 0 Å². The first kappa shape index (κ1) is 9.54. The first-order valence-electron chi connectivity index (χ1n) is 3.87. The van der Waals surface area contributed by atoms with Crippen molar-refractivity contribution in [3.63, 3.8) is 0 Å². The van der Waals surface area contributed by atoms with E-state index in [-0.39, 0.29) is 11.5 Å². The Bertz CT molecular complexity index is 336. The monoisotopic (exact) mass is 180 g/mol. The smallest absolute Gasteiger partial charge is 0.151 e. The van der Waals surface area contributed by atoms with E-state index in [4.69, 9.17) is 11.5 Å². The summed E-state index contributed by atoms with van der Waals surface area (Å²) in [6.07, 6.45) is 0. The Labute approximate surface area is 76.2 Å². The largest absolute Gasteiger partial charge is 0.508 e. The molecule has 70 valence electrons. The van der Waals surface area contributed by atoms with Crippen molar-refractivity contribution in [3.8, 4) is 5.75 Å². The number of anilines is 1. The van der Waals surface area contributed by atoms with Gasteiger partial charge in [0.1, 0.15) is 5.75 Å². The molecule has 0 aliphatic carbocycles. The molecule has 13 heavy (non-hydrogen) atoms. The van der Waals surface area contributed by atoms with Gasteiger partial charge in [0, 0.05) is 11.3 Å². The van der Waals surface area contributed by atoms with E-state index in [0.29, 0.717) is 11.3 Å². The lowest BCUT2D eigenvalue weighted by molar-refractivity contribution is -0.118. The number of phenols is 1. The molecule has 0 spiro atoms. The van der Waals surface area contributed by atoms with Crippen molar-refractivity contribution in [3.05, 3.63) is 23.8 Å². The molecule has 1 rings (SSSR count). The summed E-state index contributed by atoms with van der Waals surface area (Å²) in [6.45, 7) is 1.37. The summed E-state index contributed by atoms with van der Waals surface area (Å²) in [5, 5.41) is 9.37. The fraction of sp³-hybridized carbons (Fsp3) is 0.222. The lowest BCUT2D eigenvalue weighted by atomic mass is 10.0. The minimum atomic E-state index is -0.802. The third-order valence-corrected chi connectivity index (χ3v) is 1.82. The second-order valence-electron chi connectivity index (χ2n) is 2.91. The number of carbonyl (C=O) groups is 1. The van der Waals surface area contributed by atoms with E-state index in [1.54, 1.807) is 6.07 Å². The van der Waals surface area contributed by atoms with Crippen LogP contribution >= 0.6 is 0 Å². The predicted octanol–water partition coefficient (Wildman–Crippen LogP) is 0.563. The van der Waals surface area contributed by atoms with Crippen molar-refractivity contribution in [2.75, 3.05) is 5.73 Å². The van der Waals surface area contributed by atoms with Crippen LogP contribution in [0, 0.1) is 0 Å². The molecule has 4 heteroatoms. The third-order valence-electron chi connectivity index (χ3n) is 1.82. The normalized spacial score (nSPS) is 12.5. The van der Waals surface area contributed by atoms with Gasteiger partial charge in [-0.05, 0) is 25.1 Å². The van der Waals surface area contributed by atoms with Gasteiger partial charge >= 0.3 is 0 Å². The van der Waals surface area contributed by atoms with Crippen LogP contribution in [0.5, 0.6) is 5.75 Å². The van der Waals surface area contributed by atoms with Crippen LogP contribution in [0.2, 0.25) is 0 Å². The Morgan fingerprint density at radius 1 is 1.54 bits per heavy atom. The van der Waals surface area contributed by atoms with Gasteiger partial charge in [-0.3, -0.25) is 4.79 Å². The van der Waals surface area contributed by atoms with Gasteiger partial charge in [-0.2, -0.15) is 0 Å². The van der Waals surface area contributed by atoms with Crippen LogP contribution in [0.4, 0.5) is 5.69 Å². The zero-order chi connectivity index (χ0) is 10.0. The first-order chi connectivity index (χ1) is 6.02. The van der Waals surface area contributed by atoms with Gasteiger partial charge in [-0.1, -0.05) is 0 Å². The van der Waals surface area contributed by atoms with E-state index in [1.165, 1.54) is 19.1 Å². The number of nitrogen functional groups attached to an aromatic ring is 1. The van der Waals surface area contributed by atoms with Crippen LogP contribution in [0.3, 0.4) is 0 Å². The predicted molar refractivity (Wildman–Crippen MR) is 50.1 cm³/mol. The van der Waals surface area contributed by atoms with Gasteiger partial charge in [0.05, 0.1) is 6.04 Å².